The molecule has 1 amide bonds. The van der Waals surface area contributed by atoms with Crippen molar-refractivity contribution < 1.29 is 4.79 Å². The van der Waals surface area contributed by atoms with Gasteiger partial charge in [0.05, 0.1) is 4.70 Å². The number of rotatable bonds is 2. The molecular weight excluding hydrogens is 268 g/mol. The molecule has 2 aromatic carbocycles. The third-order valence-electron chi connectivity index (χ3n) is 3.22. The fourth-order valence-corrected chi connectivity index (χ4v) is 2.96. The standard InChI is InChI=1S/C16H14N2OS/c1-10-7-8-13(11(2)9-10)17-16(19)15-12-5-3-4-6-14(12)20-18-15/h3-9H,1-2H3,(H,17,19). The molecule has 3 nitrogen and oxygen atoms in total. The Hall–Kier alpha value is -2.20. The van der Waals surface area contributed by atoms with Crippen LogP contribution in [0.5, 0.6) is 0 Å². The number of aromatic nitrogens is 1. The number of anilines is 1. The lowest BCUT2D eigenvalue weighted by Gasteiger charge is -2.08. The first-order chi connectivity index (χ1) is 9.65. The van der Waals surface area contributed by atoms with E-state index in [4.69, 9.17) is 0 Å². The molecule has 0 aliphatic carbocycles. The molecule has 4 heteroatoms. The second-order valence-corrected chi connectivity index (χ2v) is 5.60. The molecule has 100 valence electrons. The predicted molar refractivity (Wildman–Crippen MR) is 83.5 cm³/mol. The van der Waals surface area contributed by atoms with Crippen LogP contribution in [0.4, 0.5) is 5.69 Å². The summed E-state index contributed by atoms with van der Waals surface area (Å²) in [5.41, 5.74) is 3.56. The minimum absolute atomic E-state index is 0.158. The van der Waals surface area contributed by atoms with Crippen molar-refractivity contribution >= 4 is 33.2 Å². The summed E-state index contributed by atoms with van der Waals surface area (Å²) in [6, 6.07) is 13.7. The minimum Gasteiger partial charge on any atom is -0.320 e. The van der Waals surface area contributed by atoms with E-state index in [2.05, 4.69) is 15.8 Å². The third-order valence-corrected chi connectivity index (χ3v) is 4.05. The largest absolute Gasteiger partial charge is 0.320 e. The van der Waals surface area contributed by atoms with E-state index in [1.807, 2.05) is 50.2 Å². The van der Waals surface area contributed by atoms with E-state index in [1.165, 1.54) is 17.1 Å². The first-order valence-electron chi connectivity index (χ1n) is 6.38. The number of nitrogens with zero attached hydrogens (tertiary/aromatic N) is 1. The van der Waals surface area contributed by atoms with Crippen molar-refractivity contribution in [2.24, 2.45) is 0 Å². The number of hydrogen-bond acceptors (Lipinski definition) is 3. The van der Waals surface area contributed by atoms with Crippen molar-refractivity contribution in [3.8, 4) is 0 Å². The zero-order valence-corrected chi connectivity index (χ0v) is 12.1. The maximum Gasteiger partial charge on any atom is 0.276 e. The lowest BCUT2D eigenvalue weighted by atomic mass is 10.1. The Labute approximate surface area is 121 Å². The highest BCUT2D eigenvalue weighted by Crippen LogP contribution is 2.24. The lowest BCUT2D eigenvalue weighted by molar-refractivity contribution is 0.102. The van der Waals surface area contributed by atoms with Crippen molar-refractivity contribution in [2.75, 3.05) is 5.32 Å². The Morgan fingerprint density at radius 2 is 1.95 bits per heavy atom. The highest BCUT2D eigenvalue weighted by Gasteiger charge is 2.14. The molecule has 0 saturated carbocycles. The summed E-state index contributed by atoms with van der Waals surface area (Å²) in [5.74, 6) is -0.158. The third kappa shape index (κ3) is 2.30. The van der Waals surface area contributed by atoms with Crippen LogP contribution in [0.25, 0.3) is 10.1 Å². The van der Waals surface area contributed by atoms with Gasteiger partial charge in [-0.1, -0.05) is 35.9 Å². The average Bonchev–Trinajstić information content (AvgIpc) is 2.86. The minimum atomic E-state index is -0.158. The smallest absolute Gasteiger partial charge is 0.276 e. The number of carbonyl (C=O) groups is 1. The van der Waals surface area contributed by atoms with Gasteiger partial charge in [-0.05, 0) is 43.1 Å². The Morgan fingerprint density at radius 1 is 1.15 bits per heavy atom. The fourth-order valence-electron chi connectivity index (χ4n) is 2.18. The second-order valence-electron chi connectivity index (χ2n) is 4.80. The van der Waals surface area contributed by atoms with Crippen molar-refractivity contribution in [2.45, 2.75) is 13.8 Å². The topological polar surface area (TPSA) is 42.0 Å². The normalized spacial score (nSPS) is 10.7. The number of benzene rings is 2. The highest BCUT2D eigenvalue weighted by molar-refractivity contribution is 7.13. The average molecular weight is 282 g/mol. The molecule has 1 heterocycles. The predicted octanol–water partition coefficient (Wildman–Crippen LogP) is 4.17. The van der Waals surface area contributed by atoms with Crippen LogP contribution in [0.3, 0.4) is 0 Å². The van der Waals surface area contributed by atoms with Crippen LogP contribution >= 0.6 is 11.5 Å². The number of nitrogens with one attached hydrogen (secondary N) is 1. The molecule has 0 radical (unpaired) electrons. The monoisotopic (exact) mass is 282 g/mol. The van der Waals surface area contributed by atoms with E-state index >= 15 is 0 Å². The number of aryl methyl sites for hydroxylation is 2. The molecule has 1 aromatic heterocycles. The molecule has 0 saturated heterocycles. The van der Waals surface area contributed by atoms with E-state index in [9.17, 15) is 4.79 Å². The second kappa shape index (κ2) is 5.06. The fraction of sp³-hybridized carbons (Fsp3) is 0.125. The van der Waals surface area contributed by atoms with E-state index < -0.39 is 0 Å². The zero-order chi connectivity index (χ0) is 14.1. The molecule has 0 atom stereocenters. The van der Waals surface area contributed by atoms with Crippen molar-refractivity contribution in [3.63, 3.8) is 0 Å². The molecular formula is C16H14N2OS. The van der Waals surface area contributed by atoms with Gasteiger partial charge >= 0.3 is 0 Å². The first-order valence-corrected chi connectivity index (χ1v) is 7.15. The summed E-state index contributed by atoms with van der Waals surface area (Å²) in [5, 5.41) is 3.84. The number of amides is 1. The summed E-state index contributed by atoms with van der Waals surface area (Å²) in [6.45, 7) is 4.02. The Morgan fingerprint density at radius 3 is 2.75 bits per heavy atom. The van der Waals surface area contributed by atoms with Gasteiger partial charge in [-0.25, -0.2) is 0 Å². The highest BCUT2D eigenvalue weighted by atomic mass is 32.1. The van der Waals surface area contributed by atoms with Crippen LogP contribution < -0.4 is 5.32 Å². The Bertz CT molecular complexity index is 792. The molecule has 1 N–H and O–H groups in total. The maximum absolute atomic E-state index is 12.4. The van der Waals surface area contributed by atoms with Crippen LogP contribution in [0.2, 0.25) is 0 Å². The van der Waals surface area contributed by atoms with Gasteiger partial charge in [0.2, 0.25) is 0 Å². The van der Waals surface area contributed by atoms with Gasteiger partial charge in [0.15, 0.2) is 0 Å². The van der Waals surface area contributed by atoms with Gasteiger partial charge in [-0.3, -0.25) is 4.79 Å². The van der Waals surface area contributed by atoms with E-state index in [-0.39, 0.29) is 5.91 Å². The summed E-state index contributed by atoms with van der Waals surface area (Å²) in [6.07, 6.45) is 0. The quantitative estimate of drug-likeness (QED) is 0.766. The molecule has 0 aliphatic rings. The van der Waals surface area contributed by atoms with Gasteiger partial charge in [0, 0.05) is 11.1 Å². The summed E-state index contributed by atoms with van der Waals surface area (Å²) < 4.78 is 5.29. The molecule has 0 bridgehead atoms. The zero-order valence-electron chi connectivity index (χ0n) is 11.3. The van der Waals surface area contributed by atoms with E-state index in [1.54, 1.807) is 0 Å². The molecule has 0 unspecified atom stereocenters. The van der Waals surface area contributed by atoms with Crippen molar-refractivity contribution in [3.05, 3.63) is 59.3 Å². The molecule has 3 rings (SSSR count). The summed E-state index contributed by atoms with van der Waals surface area (Å²) in [7, 11) is 0. The molecule has 0 fully saturated rings. The van der Waals surface area contributed by atoms with Gasteiger partial charge in [-0.2, -0.15) is 4.37 Å². The van der Waals surface area contributed by atoms with Gasteiger partial charge in [0.25, 0.3) is 5.91 Å². The number of hydrogen-bond donors (Lipinski definition) is 1. The van der Waals surface area contributed by atoms with Crippen LogP contribution in [0.15, 0.2) is 42.5 Å². The van der Waals surface area contributed by atoms with Crippen molar-refractivity contribution in [1.29, 1.82) is 0 Å². The van der Waals surface area contributed by atoms with E-state index in [0.29, 0.717) is 5.69 Å². The van der Waals surface area contributed by atoms with Gasteiger partial charge < -0.3 is 5.32 Å². The maximum atomic E-state index is 12.4. The summed E-state index contributed by atoms with van der Waals surface area (Å²) >= 11 is 1.35. The van der Waals surface area contributed by atoms with Crippen LogP contribution in [0, 0.1) is 13.8 Å². The number of fused-ring (bicyclic) bond motifs is 1. The van der Waals surface area contributed by atoms with Crippen LogP contribution in [0.1, 0.15) is 21.6 Å². The first kappa shape index (κ1) is 12.8. The van der Waals surface area contributed by atoms with Crippen LogP contribution in [-0.4, -0.2) is 10.3 Å². The van der Waals surface area contributed by atoms with Gasteiger partial charge in [-0.15, -0.1) is 0 Å². The van der Waals surface area contributed by atoms with Gasteiger partial charge in [0.1, 0.15) is 5.69 Å². The summed E-state index contributed by atoms with van der Waals surface area (Å²) in [4.78, 5) is 12.4. The Balaban J connectivity index is 1.93. The lowest BCUT2D eigenvalue weighted by Crippen LogP contribution is -2.13. The SMILES string of the molecule is Cc1ccc(NC(=O)c2nsc3ccccc23)c(C)c1. The van der Waals surface area contributed by atoms with Crippen molar-refractivity contribution in [1.82, 2.24) is 4.37 Å². The molecule has 3 aromatic rings. The van der Waals surface area contributed by atoms with Crippen LogP contribution in [-0.2, 0) is 0 Å². The number of carbonyl (C=O) groups excluding carboxylic acids is 1. The molecule has 0 spiro atoms. The molecule has 0 aliphatic heterocycles. The Kier molecular flexibility index (Phi) is 3.24. The molecule has 20 heavy (non-hydrogen) atoms. The van der Waals surface area contributed by atoms with E-state index in [0.717, 1.165) is 21.3 Å².